The molecule has 0 radical (unpaired) electrons. The first kappa shape index (κ1) is 14.7. The Morgan fingerprint density at radius 1 is 1.15 bits per heavy atom. The molecular formula is C14H17NO4S. The Hall–Kier alpha value is -1.66. The number of fused-ring (bicyclic) bond motifs is 1. The minimum Gasteiger partial charge on any atom is -0.423 e. The van der Waals surface area contributed by atoms with Crippen LogP contribution in [0, 0.1) is 5.41 Å². The SMILES string of the molecule is CC(C)(C)CNS(=O)(=O)c1ccc2oc(=O)ccc2c1. The van der Waals surface area contributed by atoms with Crippen LogP contribution in [0.25, 0.3) is 11.0 Å². The van der Waals surface area contributed by atoms with Crippen LogP contribution in [0.3, 0.4) is 0 Å². The lowest BCUT2D eigenvalue weighted by molar-refractivity contribution is 0.407. The molecule has 6 heteroatoms. The monoisotopic (exact) mass is 295 g/mol. The molecule has 0 aliphatic heterocycles. The highest BCUT2D eigenvalue weighted by Crippen LogP contribution is 2.19. The molecule has 20 heavy (non-hydrogen) atoms. The van der Waals surface area contributed by atoms with Crippen molar-refractivity contribution < 1.29 is 12.8 Å². The summed E-state index contributed by atoms with van der Waals surface area (Å²) in [5, 5.41) is 0.572. The van der Waals surface area contributed by atoms with E-state index in [1.807, 2.05) is 20.8 Å². The summed E-state index contributed by atoms with van der Waals surface area (Å²) in [5.74, 6) is 0. The number of rotatable bonds is 3. The standard InChI is InChI=1S/C14H17NO4S/c1-14(2,3)9-15-20(17,18)11-5-6-12-10(8-11)4-7-13(16)19-12/h4-8,15H,9H2,1-3H3. The molecule has 0 saturated carbocycles. The fraction of sp³-hybridized carbons (Fsp3) is 0.357. The summed E-state index contributed by atoms with van der Waals surface area (Å²) in [4.78, 5) is 11.2. The van der Waals surface area contributed by atoms with Crippen LogP contribution in [-0.4, -0.2) is 15.0 Å². The van der Waals surface area contributed by atoms with Gasteiger partial charge in [0.05, 0.1) is 4.90 Å². The van der Waals surface area contributed by atoms with Gasteiger partial charge in [0, 0.05) is 18.0 Å². The Bertz CT molecular complexity index is 785. The lowest BCUT2D eigenvalue weighted by Gasteiger charge is -2.18. The molecule has 1 heterocycles. The van der Waals surface area contributed by atoms with Crippen molar-refractivity contribution in [2.24, 2.45) is 5.41 Å². The summed E-state index contributed by atoms with van der Waals surface area (Å²) < 4.78 is 31.9. The fourth-order valence-corrected chi connectivity index (χ4v) is 2.93. The molecule has 2 rings (SSSR count). The van der Waals surface area contributed by atoms with E-state index in [2.05, 4.69) is 4.72 Å². The molecule has 0 spiro atoms. The molecule has 0 aliphatic rings. The van der Waals surface area contributed by atoms with Crippen molar-refractivity contribution in [3.05, 3.63) is 40.8 Å². The summed E-state index contributed by atoms with van der Waals surface area (Å²) in [6, 6.07) is 7.22. The Morgan fingerprint density at radius 2 is 1.85 bits per heavy atom. The van der Waals surface area contributed by atoms with E-state index in [0.29, 0.717) is 17.5 Å². The lowest BCUT2D eigenvalue weighted by atomic mass is 9.98. The molecule has 0 bridgehead atoms. The minimum absolute atomic E-state index is 0.142. The first-order valence-corrected chi connectivity index (χ1v) is 7.69. The zero-order valence-electron chi connectivity index (χ0n) is 11.6. The van der Waals surface area contributed by atoms with Crippen LogP contribution in [-0.2, 0) is 10.0 Å². The first-order chi connectivity index (χ1) is 9.17. The maximum Gasteiger partial charge on any atom is 0.336 e. The molecule has 0 unspecified atom stereocenters. The van der Waals surface area contributed by atoms with Crippen LogP contribution in [0.4, 0.5) is 0 Å². The van der Waals surface area contributed by atoms with Gasteiger partial charge in [0.15, 0.2) is 0 Å². The van der Waals surface area contributed by atoms with Gasteiger partial charge in [-0.15, -0.1) is 0 Å². The molecule has 0 atom stereocenters. The van der Waals surface area contributed by atoms with Crippen molar-refractivity contribution in [2.75, 3.05) is 6.54 Å². The van der Waals surface area contributed by atoms with Crippen molar-refractivity contribution in [1.82, 2.24) is 4.72 Å². The Morgan fingerprint density at radius 3 is 2.50 bits per heavy atom. The van der Waals surface area contributed by atoms with E-state index in [9.17, 15) is 13.2 Å². The highest BCUT2D eigenvalue weighted by Gasteiger charge is 2.18. The minimum atomic E-state index is -3.56. The third-order valence-electron chi connectivity index (χ3n) is 2.69. The molecule has 108 valence electrons. The average Bonchev–Trinajstić information content (AvgIpc) is 2.35. The average molecular weight is 295 g/mol. The number of sulfonamides is 1. The summed E-state index contributed by atoms with van der Waals surface area (Å²) >= 11 is 0. The van der Waals surface area contributed by atoms with Gasteiger partial charge in [-0.3, -0.25) is 0 Å². The molecular weight excluding hydrogens is 278 g/mol. The van der Waals surface area contributed by atoms with Crippen LogP contribution in [0.5, 0.6) is 0 Å². The van der Waals surface area contributed by atoms with E-state index in [4.69, 9.17) is 4.42 Å². The van der Waals surface area contributed by atoms with Crippen molar-refractivity contribution in [2.45, 2.75) is 25.7 Å². The number of hydrogen-bond acceptors (Lipinski definition) is 4. The maximum atomic E-state index is 12.2. The van der Waals surface area contributed by atoms with Gasteiger partial charge in [0.1, 0.15) is 5.58 Å². The first-order valence-electron chi connectivity index (χ1n) is 6.21. The van der Waals surface area contributed by atoms with Crippen molar-refractivity contribution in [1.29, 1.82) is 0 Å². The maximum absolute atomic E-state index is 12.2. The van der Waals surface area contributed by atoms with Gasteiger partial charge in [0.2, 0.25) is 10.0 Å². The molecule has 0 fully saturated rings. The Kier molecular flexibility index (Phi) is 3.71. The third kappa shape index (κ3) is 3.46. The largest absolute Gasteiger partial charge is 0.423 e. The quantitative estimate of drug-likeness (QED) is 0.880. The Balaban J connectivity index is 2.37. The summed E-state index contributed by atoms with van der Waals surface area (Å²) in [6.07, 6.45) is 0. The Labute approximate surface area is 117 Å². The lowest BCUT2D eigenvalue weighted by Crippen LogP contribution is -2.32. The van der Waals surface area contributed by atoms with E-state index in [1.54, 1.807) is 6.07 Å². The second-order valence-electron chi connectivity index (χ2n) is 5.84. The smallest absolute Gasteiger partial charge is 0.336 e. The highest BCUT2D eigenvalue weighted by molar-refractivity contribution is 7.89. The van der Waals surface area contributed by atoms with Gasteiger partial charge in [-0.2, -0.15) is 0 Å². The van der Waals surface area contributed by atoms with E-state index in [0.717, 1.165) is 0 Å². The van der Waals surface area contributed by atoms with Crippen molar-refractivity contribution >= 4 is 21.0 Å². The number of benzene rings is 1. The van der Waals surface area contributed by atoms with Gasteiger partial charge >= 0.3 is 5.63 Å². The third-order valence-corrected chi connectivity index (χ3v) is 4.09. The fourth-order valence-electron chi connectivity index (χ4n) is 1.61. The van der Waals surface area contributed by atoms with Crippen molar-refractivity contribution in [3.8, 4) is 0 Å². The van der Waals surface area contributed by atoms with Crippen LogP contribution < -0.4 is 10.3 Å². The molecule has 0 saturated heterocycles. The summed E-state index contributed by atoms with van der Waals surface area (Å²) in [6.45, 7) is 6.19. The molecule has 1 aromatic heterocycles. The van der Waals surface area contributed by atoms with Gasteiger partial charge in [-0.05, 0) is 29.7 Å². The van der Waals surface area contributed by atoms with Crippen LogP contribution in [0.15, 0.2) is 44.4 Å². The van der Waals surface area contributed by atoms with Gasteiger partial charge in [-0.1, -0.05) is 20.8 Å². The molecule has 2 aromatic rings. The number of nitrogens with one attached hydrogen (secondary N) is 1. The topological polar surface area (TPSA) is 76.4 Å². The zero-order valence-corrected chi connectivity index (χ0v) is 12.5. The van der Waals surface area contributed by atoms with Gasteiger partial charge < -0.3 is 4.42 Å². The van der Waals surface area contributed by atoms with Gasteiger partial charge in [-0.25, -0.2) is 17.9 Å². The molecule has 5 nitrogen and oxygen atoms in total. The normalized spacial score (nSPS) is 12.8. The van der Waals surface area contributed by atoms with Crippen LogP contribution >= 0.6 is 0 Å². The molecule has 1 N–H and O–H groups in total. The van der Waals surface area contributed by atoms with E-state index in [-0.39, 0.29) is 10.3 Å². The van der Waals surface area contributed by atoms with Crippen LogP contribution in [0.2, 0.25) is 0 Å². The molecule has 0 amide bonds. The second kappa shape index (κ2) is 5.03. The summed E-state index contributed by atoms with van der Waals surface area (Å²) in [7, 11) is -3.56. The van der Waals surface area contributed by atoms with E-state index in [1.165, 1.54) is 24.3 Å². The van der Waals surface area contributed by atoms with E-state index >= 15 is 0 Å². The van der Waals surface area contributed by atoms with Crippen LogP contribution in [0.1, 0.15) is 20.8 Å². The molecule has 1 aromatic carbocycles. The van der Waals surface area contributed by atoms with E-state index < -0.39 is 15.6 Å². The van der Waals surface area contributed by atoms with Gasteiger partial charge in [0.25, 0.3) is 0 Å². The second-order valence-corrected chi connectivity index (χ2v) is 7.61. The highest BCUT2D eigenvalue weighted by atomic mass is 32.2. The molecule has 0 aliphatic carbocycles. The predicted molar refractivity (Wildman–Crippen MR) is 77.1 cm³/mol. The predicted octanol–water partition coefficient (Wildman–Crippen LogP) is 2.12. The zero-order chi connectivity index (χ0) is 15.0. The summed E-state index contributed by atoms with van der Waals surface area (Å²) in [5.41, 5.74) is -0.234. The van der Waals surface area contributed by atoms with Crippen molar-refractivity contribution in [3.63, 3.8) is 0 Å². The number of hydrogen-bond donors (Lipinski definition) is 1.